The van der Waals surface area contributed by atoms with Crippen molar-refractivity contribution >= 4 is 5.78 Å². The number of carbonyl (C=O) groups is 1. The molecule has 0 amide bonds. The van der Waals surface area contributed by atoms with Crippen molar-refractivity contribution < 1.29 is 29.6 Å². The van der Waals surface area contributed by atoms with Gasteiger partial charge in [0.05, 0.1) is 12.7 Å². The van der Waals surface area contributed by atoms with E-state index in [0.717, 1.165) is 27.9 Å². The van der Waals surface area contributed by atoms with Gasteiger partial charge in [0, 0.05) is 61.1 Å². The van der Waals surface area contributed by atoms with Gasteiger partial charge in [-0.2, -0.15) is 0 Å². The highest BCUT2D eigenvalue weighted by molar-refractivity contribution is 5.96. The molecule has 0 bridgehead atoms. The Kier molecular flexibility index (Phi) is 15.2. The van der Waals surface area contributed by atoms with Crippen molar-refractivity contribution in [3.8, 4) is 11.8 Å². The zero-order chi connectivity index (χ0) is 36.2. The number of aliphatic hydroxyl groups excluding tert-OH is 3. The minimum atomic E-state index is -0.888. The fraction of sp³-hybridized carbons (Fsp3) is 0.500. The van der Waals surface area contributed by atoms with E-state index < -0.39 is 16.6 Å². The van der Waals surface area contributed by atoms with Crippen molar-refractivity contribution in [2.24, 2.45) is 16.2 Å². The smallest absolute Gasteiger partial charge is 0.169 e. The van der Waals surface area contributed by atoms with E-state index in [1.54, 1.807) is 20.3 Å². The van der Waals surface area contributed by atoms with E-state index >= 15 is 0 Å². The number of rotatable bonds is 13. The summed E-state index contributed by atoms with van der Waals surface area (Å²) in [4.78, 5) is 13.4. The van der Waals surface area contributed by atoms with E-state index in [0.29, 0.717) is 31.3 Å². The standard InChI is InChI=1S/C42H58O6/c1-31(17-13-18-33(3)21-24-38(46)41(8)29-42(47-9,48-10)28-40(41,7)30-44)15-11-12-16-32(2)19-14-20-35(27-43)22-23-37-34(4)25-36(45)26-39(37,5)6/h11-21,24,36,43-45H,25-30H2,1-10H3/b12-11+,17-13+,19-14+,24-21+,31-15+,32-16+,33-18+,35-20-/t36-,40+,41+/m1/s1. The summed E-state index contributed by atoms with van der Waals surface area (Å²) in [5.74, 6) is 5.44. The minimum Gasteiger partial charge on any atom is -0.396 e. The Morgan fingerprint density at radius 2 is 1.38 bits per heavy atom. The Morgan fingerprint density at radius 1 is 0.833 bits per heavy atom. The second-order valence-corrected chi connectivity index (χ2v) is 14.5. The lowest BCUT2D eigenvalue weighted by atomic mass is 9.66. The molecule has 0 aromatic rings. The van der Waals surface area contributed by atoms with E-state index in [1.165, 1.54) is 0 Å². The molecular formula is C42H58O6. The molecule has 1 fully saturated rings. The lowest BCUT2D eigenvalue weighted by Crippen LogP contribution is -2.41. The first-order chi connectivity index (χ1) is 22.5. The predicted octanol–water partition coefficient (Wildman–Crippen LogP) is 7.83. The van der Waals surface area contributed by atoms with Gasteiger partial charge in [0.15, 0.2) is 11.6 Å². The highest BCUT2D eigenvalue weighted by Gasteiger charge is 2.62. The molecule has 0 spiro atoms. The monoisotopic (exact) mass is 658 g/mol. The van der Waals surface area contributed by atoms with Crippen LogP contribution in [-0.2, 0) is 14.3 Å². The van der Waals surface area contributed by atoms with Crippen molar-refractivity contribution in [3.63, 3.8) is 0 Å². The fourth-order valence-electron chi connectivity index (χ4n) is 6.58. The Hall–Kier alpha value is -3.31. The number of ether oxygens (including phenoxy) is 2. The number of methoxy groups -OCH3 is 2. The lowest BCUT2D eigenvalue weighted by molar-refractivity contribution is -0.208. The largest absolute Gasteiger partial charge is 0.396 e. The molecule has 0 saturated heterocycles. The molecule has 0 aromatic carbocycles. The van der Waals surface area contributed by atoms with Crippen LogP contribution in [0.4, 0.5) is 0 Å². The Labute approximate surface area is 289 Å². The third-order valence-corrected chi connectivity index (χ3v) is 9.86. The van der Waals surface area contributed by atoms with Crippen LogP contribution in [0.3, 0.4) is 0 Å². The number of hydrogen-bond donors (Lipinski definition) is 3. The first-order valence-corrected chi connectivity index (χ1v) is 16.7. The molecule has 2 rings (SSSR count). The van der Waals surface area contributed by atoms with E-state index in [-0.39, 0.29) is 30.5 Å². The third kappa shape index (κ3) is 10.9. The van der Waals surface area contributed by atoms with E-state index in [1.807, 2.05) is 108 Å². The van der Waals surface area contributed by atoms with Crippen molar-refractivity contribution in [2.45, 2.75) is 93.0 Å². The zero-order valence-electron chi connectivity index (χ0n) is 30.8. The molecule has 0 heterocycles. The summed E-state index contributed by atoms with van der Waals surface area (Å²) in [6.07, 6.45) is 24.8. The molecule has 3 N–H and O–H groups in total. The molecule has 1 saturated carbocycles. The van der Waals surface area contributed by atoms with E-state index in [2.05, 4.69) is 25.7 Å². The van der Waals surface area contributed by atoms with Crippen LogP contribution in [0.15, 0.2) is 106 Å². The van der Waals surface area contributed by atoms with Gasteiger partial charge < -0.3 is 24.8 Å². The third-order valence-electron chi connectivity index (χ3n) is 9.86. The highest BCUT2D eigenvalue weighted by atomic mass is 16.7. The first kappa shape index (κ1) is 40.9. The van der Waals surface area contributed by atoms with Crippen LogP contribution < -0.4 is 0 Å². The summed E-state index contributed by atoms with van der Waals surface area (Å²) in [5, 5.41) is 30.1. The Balaban J connectivity index is 1.98. The number of aliphatic hydroxyl groups is 3. The van der Waals surface area contributed by atoms with Crippen LogP contribution in [0.2, 0.25) is 0 Å². The summed E-state index contributed by atoms with van der Waals surface area (Å²) >= 11 is 0. The van der Waals surface area contributed by atoms with Crippen molar-refractivity contribution in [2.75, 3.05) is 27.4 Å². The van der Waals surface area contributed by atoms with Crippen molar-refractivity contribution in [1.29, 1.82) is 0 Å². The second-order valence-electron chi connectivity index (χ2n) is 14.5. The molecule has 6 heteroatoms. The van der Waals surface area contributed by atoms with Crippen LogP contribution in [0, 0.1) is 28.1 Å². The van der Waals surface area contributed by atoms with Gasteiger partial charge in [-0.15, -0.1) is 0 Å². The average Bonchev–Trinajstić information content (AvgIpc) is 3.28. The number of carbonyl (C=O) groups excluding carboxylic acids is 1. The molecule has 6 nitrogen and oxygen atoms in total. The van der Waals surface area contributed by atoms with Gasteiger partial charge in [-0.25, -0.2) is 0 Å². The number of ketones is 1. The molecule has 2 aliphatic rings. The first-order valence-electron chi connectivity index (χ1n) is 16.7. The van der Waals surface area contributed by atoms with Crippen LogP contribution in [0.5, 0.6) is 0 Å². The molecule has 0 unspecified atom stereocenters. The minimum absolute atomic E-state index is 0.0568. The van der Waals surface area contributed by atoms with E-state index in [9.17, 15) is 20.1 Å². The van der Waals surface area contributed by atoms with Gasteiger partial charge >= 0.3 is 0 Å². The molecule has 262 valence electrons. The van der Waals surface area contributed by atoms with Gasteiger partial charge in [0.25, 0.3) is 0 Å². The maximum Gasteiger partial charge on any atom is 0.169 e. The number of allylic oxidation sites excluding steroid dienone is 16. The molecule has 48 heavy (non-hydrogen) atoms. The van der Waals surface area contributed by atoms with Gasteiger partial charge in [-0.1, -0.05) is 123 Å². The van der Waals surface area contributed by atoms with Crippen molar-refractivity contribution in [3.05, 3.63) is 106 Å². The summed E-state index contributed by atoms with van der Waals surface area (Å²) in [7, 11) is 3.15. The SMILES string of the molecule is COC1(OC)C[C@@](C)(CO)[C@](C)(C(=O)/C=C/C(C)=C/C=C/C(C)=C/C=C/C=C(C)/C=C/C=C(/C#CC2=C(C)C[C@@H](O)CC2(C)C)CO)C1. The second kappa shape index (κ2) is 17.9. The van der Waals surface area contributed by atoms with Crippen LogP contribution in [-0.4, -0.2) is 60.4 Å². The maximum atomic E-state index is 13.4. The Bertz CT molecular complexity index is 1490. The normalized spacial score (nSPS) is 27.1. The molecule has 3 atom stereocenters. The summed E-state index contributed by atoms with van der Waals surface area (Å²) in [6, 6.07) is 0. The molecule has 0 aliphatic heterocycles. The van der Waals surface area contributed by atoms with Crippen LogP contribution in [0.25, 0.3) is 0 Å². The predicted molar refractivity (Wildman–Crippen MR) is 197 cm³/mol. The molecule has 0 radical (unpaired) electrons. The van der Waals surface area contributed by atoms with Gasteiger partial charge in [-0.3, -0.25) is 4.79 Å². The quantitative estimate of drug-likeness (QED) is 0.0808. The lowest BCUT2D eigenvalue weighted by Gasteiger charge is -2.37. The van der Waals surface area contributed by atoms with Gasteiger partial charge in [0.2, 0.25) is 0 Å². The molecule has 2 aliphatic carbocycles. The van der Waals surface area contributed by atoms with E-state index in [4.69, 9.17) is 9.47 Å². The number of hydrogen-bond acceptors (Lipinski definition) is 6. The average molecular weight is 659 g/mol. The van der Waals surface area contributed by atoms with Gasteiger partial charge in [-0.05, 0) is 52.7 Å². The summed E-state index contributed by atoms with van der Waals surface area (Å²) < 4.78 is 11.3. The topological polar surface area (TPSA) is 96.2 Å². The zero-order valence-corrected chi connectivity index (χ0v) is 30.8. The molecule has 0 aromatic heterocycles. The maximum absolute atomic E-state index is 13.4. The summed E-state index contributed by atoms with van der Waals surface area (Å²) in [6.45, 7) is 15.7. The summed E-state index contributed by atoms with van der Waals surface area (Å²) in [5.41, 5.74) is 4.19. The molecular weight excluding hydrogens is 600 g/mol. The van der Waals surface area contributed by atoms with Gasteiger partial charge in [0.1, 0.15) is 0 Å². The van der Waals surface area contributed by atoms with Crippen molar-refractivity contribution in [1.82, 2.24) is 0 Å². The fourth-order valence-corrected chi connectivity index (χ4v) is 6.58. The Morgan fingerprint density at radius 3 is 1.90 bits per heavy atom. The van der Waals surface area contributed by atoms with Crippen LogP contribution in [0.1, 0.15) is 81.1 Å². The van der Waals surface area contributed by atoms with Crippen LogP contribution >= 0.6 is 0 Å². The highest BCUT2D eigenvalue weighted by Crippen LogP contribution is 2.58.